The summed E-state index contributed by atoms with van der Waals surface area (Å²) in [5, 5.41) is 0. The van der Waals surface area contributed by atoms with Gasteiger partial charge in [-0.15, -0.1) is 0 Å². The molecule has 2 rings (SSSR count). The van der Waals surface area contributed by atoms with Gasteiger partial charge in [-0.3, -0.25) is 4.90 Å². The molecule has 2 aliphatic rings. The van der Waals surface area contributed by atoms with E-state index in [-0.39, 0.29) is 5.54 Å². The van der Waals surface area contributed by atoms with Crippen LogP contribution in [0.4, 0.5) is 0 Å². The van der Waals surface area contributed by atoms with E-state index in [0.29, 0.717) is 0 Å². The van der Waals surface area contributed by atoms with Gasteiger partial charge in [-0.2, -0.15) is 0 Å². The van der Waals surface area contributed by atoms with Crippen LogP contribution in [0, 0.1) is 5.92 Å². The number of nitrogens with two attached hydrogens (primary N) is 1. The zero-order chi connectivity index (χ0) is 12.5. The van der Waals surface area contributed by atoms with Crippen LogP contribution in [0.2, 0.25) is 0 Å². The molecule has 0 amide bonds. The van der Waals surface area contributed by atoms with Crippen molar-refractivity contribution in [1.82, 2.24) is 9.80 Å². The summed E-state index contributed by atoms with van der Waals surface area (Å²) in [5.74, 6) is 0.875. The van der Waals surface area contributed by atoms with Crippen molar-refractivity contribution in [3.63, 3.8) is 0 Å². The highest BCUT2D eigenvalue weighted by Gasteiger charge is 2.39. The number of nitrogens with zero attached hydrogens (tertiary/aromatic N) is 2. The van der Waals surface area contributed by atoms with Crippen LogP contribution in [-0.2, 0) is 0 Å². The van der Waals surface area contributed by atoms with Crippen LogP contribution in [0.1, 0.15) is 39.5 Å². The van der Waals surface area contributed by atoms with Crippen LogP contribution < -0.4 is 5.73 Å². The monoisotopic (exact) mass is 239 g/mol. The van der Waals surface area contributed by atoms with Crippen molar-refractivity contribution in [3.05, 3.63) is 0 Å². The molecule has 0 aromatic rings. The van der Waals surface area contributed by atoms with E-state index >= 15 is 0 Å². The van der Waals surface area contributed by atoms with Crippen LogP contribution in [0.5, 0.6) is 0 Å². The van der Waals surface area contributed by atoms with Crippen molar-refractivity contribution in [2.24, 2.45) is 11.7 Å². The van der Waals surface area contributed by atoms with Gasteiger partial charge in [0.1, 0.15) is 0 Å². The molecule has 0 aliphatic carbocycles. The molecule has 100 valence electrons. The van der Waals surface area contributed by atoms with Gasteiger partial charge < -0.3 is 10.6 Å². The molecule has 0 radical (unpaired) electrons. The Balaban J connectivity index is 2.02. The summed E-state index contributed by atoms with van der Waals surface area (Å²) in [5.41, 5.74) is 6.21. The molecule has 2 fully saturated rings. The van der Waals surface area contributed by atoms with Crippen molar-refractivity contribution in [3.8, 4) is 0 Å². The molecule has 3 heteroatoms. The average molecular weight is 239 g/mol. The Labute approximate surface area is 106 Å². The van der Waals surface area contributed by atoms with Gasteiger partial charge in [0.2, 0.25) is 0 Å². The smallest absolute Gasteiger partial charge is 0.0301 e. The average Bonchev–Trinajstić information content (AvgIpc) is 2.37. The molecule has 0 bridgehead atoms. The lowest BCUT2D eigenvalue weighted by atomic mass is 9.81. The lowest BCUT2D eigenvalue weighted by Crippen LogP contribution is -2.60. The Hall–Kier alpha value is -0.120. The molecule has 2 heterocycles. The first-order valence-corrected chi connectivity index (χ1v) is 7.26. The largest absolute Gasteiger partial charge is 0.329 e. The van der Waals surface area contributed by atoms with Crippen molar-refractivity contribution in [2.75, 3.05) is 33.2 Å². The summed E-state index contributed by atoms with van der Waals surface area (Å²) < 4.78 is 0. The Bertz CT molecular complexity index is 250. The normalized spacial score (nSPS) is 35.3. The molecular weight excluding hydrogens is 210 g/mol. The minimum atomic E-state index is 0.223. The predicted octanol–water partition coefficient (Wildman–Crippen LogP) is 1.53. The molecule has 0 saturated carbocycles. The summed E-state index contributed by atoms with van der Waals surface area (Å²) in [6.07, 6.45) is 5.28. The molecule has 0 spiro atoms. The first-order chi connectivity index (χ1) is 8.10. The minimum absolute atomic E-state index is 0.223. The fourth-order valence-corrected chi connectivity index (χ4v) is 3.64. The molecule has 17 heavy (non-hydrogen) atoms. The first kappa shape index (κ1) is 13.3. The molecule has 0 aromatic heterocycles. The summed E-state index contributed by atoms with van der Waals surface area (Å²) in [6.45, 7) is 9.18. The Morgan fingerprint density at radius 3 is 2.71 bits per heavy atom. The lowest BCUT2D eigenvalue weighted by molar-refractivity contribution is -0.00925. The molecule has 3 unspecified atom stereocenters. The zero-order valence-electron chi connectivity index (χ0n) is 11.8. The number of likely N-dealkylation sites (tertiary alicyclic amines) is 2. The Morgan fingerprint density at radius 1 is 1.29 bits per heavy atom. The van der Waals surface area contributed by atoms with E-state index in [0.717, 1.165) is 24.9 Å². The van der Waals surface area contributed by atoms with Crippen molar-refractivity contribution in [1.29, 1.82) is 0 Å². The maximum Gasteiger partial charge on any atom is 0.0301 e. The van der Waals surface area contributed by atoms with E-state index in [1.54, 1.807) is 0 Å². The van der Waals surface area contributed by atoms with Gasteiger partial charge in [0.15, 0.2) is 0 Å². The third-order valence-corrected chi connectivity index (χ3v) is 5.31. The fourth-order valence-electron chi connectivity index (χ4n) is 3.64. The second kappa shape index (κ2) is 5.25. The van der Waals surface area contributed by atoms with Gasteiger partial charge in [0.05, 0.1) is 0 Å². The number of hydrogen-bond acceptors (Lipinski definition) is 3. The second-order valence-electron chi connectivity index (χ2n) is 6.24. The van der Waals surface area contributed by atoms with Crippen LogP contribution in [0.25, 0.3) is 0 Å². The first-order valence-electron chi connectivity index (χ1n) is 7.26. The Morgan fingerprint density at radius 2 is 2.06 bits per heavy atom. The van der Waals surface area contributed by atoms with Crippen LogP contribution >= 0.6 is 0 Å². The van der Waals surface area contributed by atoms with Gasteiger partial charge in [-0.05, 0) is 52.1 Å². The number of rotatable bonds is 3. The fraction of sp³-hybridized carbons (Fsp3) is 1.00. The highest BCUT2D eigenvalue weighted by molar-refractivity contribution is 4.95. The van der Waals surface area contributed by atoms with Crippen molar-refractivity contribution in [2.45, 2.75) is 51.1 Å². The van der Waals surface area contributed by atoms with Gasteiger partial charge in [-0.25, -0.2) is 0 Å². The summed E-state index contributed by atoms with van der Waals surface area (Å²) in [6, 6.07) is 0.832. The second-order valence-corrected chi connectivity index (χ2v) is 6.24. The van der Waals surface area contributed by atoms with Gasteiger partial charge in [-0.1, -0.05) is 6.92 Å². The number of hydrogen-bond donors (Lipinski definition) is 1. The third kappa shape index (κ3) is 2.51. The SMILES string of the molecule is CCC(C)(CN)N1CCC2C(CCCN2C)C1. The van der Waals surface area contributed by atoms with Crippen molar-refractivity contribution >= 4 is 0 Å². The van der Waals surface area contributed by atoms with E-state index in [2.05, 4.69) is 30.7 Å². The molecule has 2 aliphatic heterocycles. The molecule has 3 nitrogen and oxygen atoms in total. The van der Waals surface area contributed by atoms with Crippen LogP contribution in [0.3, 0.4) is 0 Å². The zero-order valence-corrected chi connectivity index (χ0v) is 11.8. The van der Waals surface area contributed by atoms with Crippen LogP contribution in [-0.4, -0.2) is 54.6 Å². The van der Waals surface area contributed by atoms with Gasteiger partial charge in [0.25, 0.3) is 0 Å². The van der Waals surface area contributed by atoms with Gasteiger partial charge >= 0.3 is 0 Å². The maximum atomic E-state index is 5.99. The number of piperidine rings is 2. The third-order valence-electron chi connectivity index (χ3n) is 5.31. The van der Waals surface area contributed by atoms with E-state index in [1.807, 2.05) is 0 Å². The van der Waals surface area contributed by atoms with E-state index in [9.17, 15) is 0 Å². The van der Waals surface area contributed by atoms with Crippen LogP contribution in [0.15, 0.2) is 0 Å². The Kier molecular flexibility index (Phi) is 4.11. The molecule has 2 saturated heterocycles. The standard InChI is InChI=1S/C14H29N3/c1-4-14(2,11-15)17-9-7-13-12(10-17)6-5-8-16(13)3/h12-13H,4-11,15H2,1-3H3. The maximum absolute atomic E-state index is 5.99. The summed E-state index contributed by atoms with van der Waals surface area (Å²) in [4.78, 5) is 5.24. The topological polar surface area (TPSA) is 32.5 Å². The minimum Gasteiger partial charge on any atom is -0.329 e. The van der Waals surface area contributed by atoms with Gasteiger partial charge in [0, 0.05) is 31.2 Å². The predicted molar refractivity (Wildman–Crippen MR) is 73.1 cm³/mol. The molecule has 2 N–H and O–H groups in total. The summed E-state index contributed by atoms with van der Waals surface area (Å²) >= 11 is 0. The number of fused-ring (bicyclic) bond motifs is 1. The van der Waals surface area contributed by atoms with E-state index < -0.39 is 0 Å². The lowest BCUT2D eigenvalue weighted by Gasteiger charge is -2.51. The molecule has 3 atom stereocenters. The summed E-state index contributed by atoms with van der Waals surface area (Å²) in [7, 11) is 2.30. The van der Waals surface area contributed by atoms with Crippen molar-refractivity contribution < 1.29 is 0 Å². The highest BCUT2D eigenvalue weighted by atomic mass is 15.2. The molecule has 0 aromatic carbocycles. The highest BCUT2D eigenvalue weighted by Crippen LogP contribution is 2.33. The molecular formula is C14H29N3. The quantitative estimate of drug-likeness (QED) is 0.811. The van der Waals surface area contributed by atoms with E-state index in [4.69, 9.17) is 5.73 Å². The van der Waals surface area contributed by atoms with E-state index in [1.165, 1.54) is 38.9 Å².